The second-order valence-corrected chi connectivity index (χ2v) is 21.3. The highest BCUT2D eigenvalue weighted by Crippen LogP contribution is 2.32. The first-order chi connectivity index (χ1) is 36.6. The number of halogens is 1. The molecule has 0 spiro atoms. The molecular weight excluding hydrogens is 984 g/mol. The molecule has 2 amide bonds. The number of aryl methyl sites for hydroxylation is 1. The van der Waals surface area contributed by atoms with Gasteiger partial charge < -0.3 is 57.5 Å². The minimum Gasteiger partial charge on any atom is -0.507 e. The number of benzene rings is 2. The molecule has 1 saturated carbocycles. The number of carbonyl (C=O) groups excluding carboxylic acids is 2. The van der Waals surface area contributed by atoms with Crippen molar-refractivity contribution in [1.29, 1.82) is 0 Å². The molecule has 76 heavy (non-hydrogen) atoms. The second kappa shape index (κ2) is 31.5. The summed E-state index contributed by atoms with van der Waals surface area (Å²) >= 11 is 1.69. The predicted octanol–water partition coefficient (Wildman–Crippen LogP) is 9.07. The summed E-state index contributed by atoms with van der Waals surface area (Å²) in [5.41, 5.74) is 28.5. The number of alkyl halides is 1. The monoisotopic (exact) mass is 1070 g/mol. The number of pyridine rings is 1. The van der Waals surface area contributed by atoms with Gasteiger partial charge in [0.15, 0.2) is 5.82 Å². The van der Waals surface area contributed by atoms with Crippen LogP contribution in [0.3, 0.4) is 0 Å². The number of thiazole rings is 1. The third kappa shape index (κ3) is 19.3. The van der Waals surface area contributed by atoms with Gasteiger partial charge in [0, 0.05) is 86.8 Å². The molecule has 414 valence electrons. The van der Waals surface area contributed by atoms with Crippen LogP contribution in [0.2, 0.25) is 0 Å². The molecule has 1 aliphatic carbocycles. The highest BCUT2D eigenvalue weighted by atomic mass is 32.1. The number of aromatic hydroxyl groups is 1. The maximum absolute atomic E-state index is 15.0. The first-order valence-corrected chi connectivity index (χ1v) is 27.7. The molecular formula is C58H83FN10O6S. The number of ether oxygens (including phenoxy) is 1. The molecule has 5 heterocycles. The zero-order valence-electron chi connectivity index (χ0n) is 45.2. The van der Waals surface area contributed by atoms with Crippen molar-refractivity contribution in [3.63, 3.8) is 0 Å². The number of aromatic nitrogens is 3. The molecule has 3 unspecified atom stereocenters. The molecule has 18 heteroatoms. The summed E-state index contributed by atoms with van der Waals surface area (Å²) in [4.78, 5) is 33.4. The number of aliphatic hydroxyl groups is 1. The highest BCUT2D eigenvalue weighted by molar-refractivity contribution is 7.13. The molecule has 2 saturated heterocycles. The van der Waals surface area contributed by atoms with Crippen LogP contribution in [0.1, 0.15) is 132 Å². The summed E-state index contributed by atoms with van der Waals surface area (Å²) in [6, 6.07) is 20.9. The van der Waals surface area contributed by atoms with E-state index in [2.05, 4.69) is 101 Å². The Morgan fingerprint density at radius 3 is 2.24 bits per heavy atom. The zero-order chi connectivity index (χ0) is 55.0. The van der Waals surface area contributed by atoms with E-state index in [-0.39, 0.29) is 47.9 Å². The van der Waals surface area contributed by atoms with Gasteiger partial charge in [0.05, 0.1) is 28.0 Å². The van der Waals surface area contributed by atoms with Gasteiger partial charge in [-0.15, -0.1) is 11.3 Å². The summed E-state index contributed by atoms with van der Waals surface area (Å²) in [6.07, 6.45) is 13.5. The molecule has 2 aliphatic heterocycles. The Morgan fingerprint density at radius 1 is 0.934 bits per heavy atom. The van der Waals surface area contributed by atoms with E-state index in [1.807, 2.05) is 5.51 Å². The van der Waals surface area contributed by atoms with Crippen LogP contribution in [0, 0.1) is 18.8 Å². The van der Waals surface area contributed by atoms with E-state index in [0.29, 0.717) is 34.8 Å². The lowest BCUT2D eigenvalue weighted by molar-refractivity contribution is -0.109. The number of primary amides is 1. The SMILES string of the molecule is CC(C)C(C)c1cc(N2CCC(CN3CCC(O)CC3)CC2)no1.Cc1ncsc1-c1ccc(C(C)CCCCNC=O)cc1.NC(N)=C(/C=C(\N)c1ccccc1O)C(F)Cc1ccnc(OC2CCC2)c1.NC=O. The number of phenols is 1. The van der Waals surface area contributed by atoms with Crippen LogP contribution in [-0.4, -0.2) is 101 Å². The molecule has 5 aromatic rings. The molecule has 3 aliphatic rings. The number of nitrogens with one attached hydrogen (secondary N) is 1. The topological polar surface area (TPSA) is 258 Å². The highest BCUT2D eigenvalue weighted by Gasteiger charge is 2.27. The molecule has 3 atom stereocenters. The Kier molecular flexibility index (Phi) is 25.0. The number of likely N-dealkylation sites (tertiary alicyclic amines) is 1. The number of allylic oxidation sites excluding steroid dienone is 2. The maximum Gasteiger partial charge on any atom is 0.213 e. The van der Waals surface area contributed by atoms with Gasteiger partial charge in [0.25, 0.3) is 0 Å². The van der Waals surface area contributed by atoms with Crippen molar-refractivity contribution in [3.05, 3.63) is 124 Å². The number of amides is 2. The summed E-state index contributed by atoms with van der Waals surface area (Å²) in [7, 11) is 0. The number of carbonyl (C=O) groups is 2. The van der Waals surface area contributed by atoms with E-state index >= 15 is 4.39 Å². The Bertz CT molecular complexity index is 2550. The van der Waals surface area contributed by atoms with E-state index in [0.717, 1.165) is 114 Å². The number of para-hydroxylation sites is 1. The van der Waals surface area contributed by atoms with E-state index in [1.54, 1.807) is 47.9 Å². The number of piperidine rings is 2. The van der Waals surface area contributed by atoms with Crippen LogP contribution in [0.15, 0.2) is 100 Å². The second-order valence-electron chi connectivity index (χ2n) is 20.4. The number of nitrogens with zero attached hydrogens (tertiary/aromatic N) is 5. The number of rotatable bonds is 20. The van der Waals surface area contributed by atoms with E-state index in [9.17, 15) is 15.0 Å². The summed E-state index contributed by atoms with van der Waals surface area (Å²) in [5, 5.41) is 26.5. The van der Waals surface area contributed by atoms with Gasteiger partial charge in [-0.2, -0.15) is 0 Å². The number of unbranched alkanes of at least 4 members (excludes halogenated alkanes) is 1. The van der Waals surface area contributed by atoms with Crippen molar-refractivity contribution in [1.82, 2.24) is 25.3 Å². The number of aliphatic hydroxyl groups excluding tert-OH is 1. The van der Waals surface area contributed by atoms with Gasteiger partial charge in [-0.25, -0.2) is 14.4 Å². The molecule has 11 N–H and O–H groups in total. The lowest BCUT2D eigenvalue weighted by atomic mass is 9.94. The van der Waals surface area contributed by atoms with Gasteiger partial charge in [-0.05, 0) is 123 Å². The molecule has 0 radical (unpaired) electrons. The zero-order valence-corrected chi connectivity index (χ0v) is 46.0. The number of hydrogen-bond acceptors (Lipinski definition) is 15. The first-order valence-electron chi connectivity index (χ1n) is 26.8. The fourth-order valence-electron chi connectivity index (χ4n) is 9.16. The minimum atomic E-state index is -1.48. The fourth-order valence-corrected chi connectivity index (χ4v) is 9.98. The van der Waals surface area contributed by atoms with Gasteiger partial charge in [0.1, 0.15) is 23.8 Å². The first kappa shape index (κ1) is 60.4. The van der Waals surface area contributed by atoms with Crippen LogP contribution in [0.25, 0.3) is 16.1 Å². The van der Waals surface area contributed by atoms with E-state index in [1.165, 1.54) is 47.5 Å². The van der Waals surface area contributed by atoms with Crippen molar-refractivity contribution in [3.8, 4) is 22.1 Å². The number of nitrogens with two attached hydrogens (primary N) is 4. The van der Waals surface area contributed by atoms with Crippen LogP contribution >= 0.6 is 11.3 Å². The summed E-state index contributed by atoms with van der Waals surface area (Å²) in [5.74, 6) is 4.66. The van der Waals surface area contributed by atoms with Gasteiger partial charge in [-0.3, -0.25) is 9.59 Å². The molecule has 3 aromatic heterocycles. The molecule has 16 nitrogen and oxygen atoms in total. The Balaban J connectivity index is 0.000000207. The fraction of sp³-hybridized carbons (Fsp3) is 0.500. The van der Waals surface area contributed by atoms with Crippen molar-refractivity contribution in [2.75, 3.05) is 44.2 Å². The maximum atomic E-state index is 15.0. The van der Waals surface area contributed by atoms with Gasteiger partial charge >= 0.3 is 0 Å². The normalized spacial score (nSPS) is 16.5. The Labute approximate surface area is 453 Å². The predicted molar refractivity (Wildman–Crippen MR) is 302 cm³/mol. The molecule has 8 rings (SSSR count). The van der Waals surface area contributed by atoms with Gasteiger partial charge in [0.2, 0.25) is 18.7 Å². The smallest absolute Gasteiger partial charge is 0.213 e. The van der Waals surface area contributed by atoms with E-state index in [4.69, 9.17) is 31.3 Å². The van der Waals surface area contributed by atoms with E-state index < -0.39 is 6.17 Å². The minimum absolute atomic E-state index is 0.00600. The lowest BCUT2D eigenvalue weighted by Gasteiger charge is -2.36. The Hall–Kier alpha value is -6.50. The van der Waals surface area contributed by atoms with Crippen LogP contribution in [0.5, 0.6) is 11.6 Å². The number of phenolic OH excluding ortho intramolecular Hbond substituents is 1. The van der Waals surface area contributed by atoms with Crippen molar-refractivity contribution in [2.45, 2.75) is 135 Å². The van der Waals surface area contributed by atoms with Crippen LogP contribution in [-0.2, 0) is 16.0 Å². The number of anilines is 1. The molecule has 0 bridgehead atoms. The van der Waals surface area contributed by atoms with Crippen LogP contribution < -0.4 is 37.9 Å². The Morgan fingerprint density at radius 2 is 1.63 bits per heavy atom. The molecule has 2 aromatic carbocycles. The number of hydrogen-bond donors (Lipinski definition) is 7. The lowest BCUT2D eigenvalue weighted by Crippen LogP contribution is -2.42. The van der Waals surface area contributed by atoms with Crippen LogP contribution in [0.4, 0.5) is 10.2 Å². The standard InChI is InChI=1S/C21H25FN4O2.C19H33N3O2.C17H22N2OS.CH3NO/c22-17(10-13-8-9-26-20(11-13)28-14-4-3-5-14)16(21(24)25)12-18(23)15-6-1-2-7-19(15)27;1-14(2)15(3)18-12-19(20-24-18)22-10-4-16(5-11-22)13-21-8-6-17(23)7-9-21;1-13(5-3-4-10-18-11-20)15-6-8-16(9-7-15)17-14(2)19-12-21-17;2-1-3/h1-2,6-9,11-12,14,17,27H,3-5,10,23-25H2;12,14-17,23H,4-11,13H2,1-3H3;6-9,11-13H,3-5,10H2,1-2H3,(H,18,20);1H,(H2,2,3)/b18-12-;;;. The third-order valence-corrected chi connectivity index (χ3v) is 15.5. The third-order valence-electron chi connectivity index (χ3n) is 14.5. The summed E-state index contributed by atoms with van der Waals surface area (Å²) in [6.45, 7) is 17.2. The van der Waals surface area contributed by atoms with Crippen molar-refractivity contribution < 1.29 is 33.5 Å². The molecule has 3 fully saturated rings. The average molecular weight is 1070 g/mol. The van der Waals surface area contributed by atoms with Crippen molar-refractivity contribution >= 4 is 35.7 Å². The summed E-state index contributed by atoms with van der Waals surface area (Å²) < 4.78 is 26.3. The largest absolute Gasteiger partial charge is 0.507 e. The van der Waals surface area contributed by atoms with Crippen molar-refractivity contribution in [2.24, 2.45) is 34.8 Å². The quantitative estimate of drug-likeness (QED) is 0.0218. The van der Waals surface area contributed by atoms with Gasteiger partial charge in [-0.1, -0.05) is 75.7 Å². The average Bonchev–Trinajstić information content (AvgIpc) is 4.08.